The predicted octanol–water partition coefficient (Wildman–Crippen LogP) is 2.85. The molecule has 1 spiro atoms. The van der Waals surface area contributed by atoms with Gasteiger partial charge < -0.3 is 24.6 Å². The van der Waals surface area contributed by atoms with Gasteiger partial charge >= 0.3 is 0 Å². The molecule has 0 bridgehead atoms. The maximum atomic E-state index is 8.36. The van der Waals surface area contributed by atoms with Gasteiger partial charge in [-0.2, -0.15) is 0 Å². The smallest absolute Gasteiger partial charge is 0.290 e. The standard InChI is InChI=1S/C24H31N3O2.2CH2O2/c1-2-28-23-15-20-5-3-4-19(20)14-21(23)16-26-11-8-24(17-26)18-27(12-13-29-24)22-6-9-25-10-7-22;2*2-1-3/h6-7,9-10,14-15H,2-5,8,11-13,16-18H2,1H3;2*1H,(H,2,3). The quantitative estimate of drug-likeness (QED) is 0.617. The number of anilines is 1. The summed E-state index contributed by atoms with van der Waals surface area (Å²) in [4.78, 5) is 25.9. The summed E-state index contributed by atoms with van der Waals surface area (Å²) in [5.74, 6) is 1.08. The molecule has 2 N–H and O–H groups in total. The lowest BCUT2D eigenvalue weighted by Crippen LogP contribution is -2.53. The van der Waals surface area contributed by atoms with E-state index in [-0.39, 0.29) is 18.5 Å². The van der Waals surface area contributed by atoms with E-state index < -0.39 is 0 Å². The molecule has 9 heteroatoms. The van der Waals surface area contributed by atoms with Crippen molar-refractivity contribution < 1.29 is 29.3 Å². The number of likely N-dealkylation sites (tertiary alicyclic amines) is 1. The first kappa shape index (κ1) is 26.4. The van der Waals surface area contributed by atoms with Gasteiger partial charge in [0.05, 0.1) is 18.8 Å². The van der Waals surface area contributed by atoms with Crippen LogP contribution in [0.3, 0.4) is 0 Å². The van der Waals surface area contributed by atoms with E-state index in [0.29, 0.717) is 0 Å². The number of hydrogen-bond acceptors (Lipinski definition) is 7. The number of carbonyl (C=O) groups is 2. The third kappa shape index (κ3) is 6.93. The minimum absolute atomic E-state index is 0.0655. The number of benzene rings is 1. The number of pyridine rings is 1. The maximum absolute atomic E-state index is 8.36. The topological polar surface area (TPSA) is 112 Å². The number of rotatable bonds is 5. The van der Waals surface area contributed by atoms with E-state index in [1.807, 2.05) is 12.4 Å². The second-order valence-corrected chi connectivity index (χ2v) is 8.85. The largest absolute Gasteiger partial charge is 0.494 e. The molecule has 0 radical (unpaired) electrons. The Bertz CT molecular complexity index is 952. The average Bonchev–Trinajstić information content (AvgIpc) is 3.47. The van der Waals surface area contributed by atoms with Crippen molar-refractivity contribution in [2.45, 2.75) is 44.8 Å². The van der Waals surface area contributed by atoms with Crippen molar-refractivity contribution >= 4 is 18.6 Å². The highest BCUT2D eigenvalue weighted by atomic mass is 16.5. The van der Waals surface area contributed by atoms with Crippen LogP contribution in [-0.2, 0) is 33.7 Å². The SMILES string of the molecule is CCOc1cc2c(cc1CN1CCC3(C1)CN(c1ccncc1)CCO3)CCC2.O=CO.O=CO. The summed E-state index contributed by atoms with van der Waals surface area (Å²) in [6.07, 6.45) is 8.52. The lowest BCUT2D eigenvalue weighted by molar-refractivity contribution is -0.123. The van der Waals surface area contributed by atoms with Crippen LogP contribution in [0.4, 0.5) is 5.69 Å². The van der Waals surface area contributed by atoms with E-state index in [2.05, 4.69) is 46.0 Å². The fraction of sp³-hybridized carbons (Fsp3) is 0.500. The number of nitrogens with zero attached hydrogens (tertiary/aromatic N) is 3. The van der Waals surface area contributed by atoms with E-state index in [9.17, 15) is 0 Å². The summed E-state index contributed by atoms with van der Waals surface area (Å²) in [5.41, 5.74) is 5.53. The Morgan fingerprint density at radius 1 is 1.09 bits per heavy atom. The van der Waals surface area contributed by atoms with Crippen LogP contribution >= 0.6 is 0 Å². The third-order valence-corrected chi connectivity index (χ3v) is 6.64. The van der Waals surface area contributed by atoms with Crippen LogP contribution in [0, 0.1) is 0 Å². The first-order valence-corrected chi connectivity index (χ1v) is 12.0. The summed E-state index contributed by atoms with van der Waals surface area (Å²) < 4.78 is 12.4. The monoisotopic (exact) mass is 485 g/mol. The third-order valence-electron chi connectivity index (χ3n) is 6.64. The summed E-state index contributed by atoms with van der Waals surface area (Å²) in [5, 5.41) is 13.8. The van der Waals surface area contributed by atoms with Crippen molar-refractivity contribution in [2.24, 2.45) is 0 Å². The van der Waals surface area contributed by atoms with E-state index >= 15 is 0 Å². The van der Waals surface area contributed by atoms with Gasteiger partial charge in [-0.1, -0.05) is 6.07 Å². The number of aromatic nitrogens is 1. The molecule has 3 heterocycles. The second-order valence-electron chi connectivity index (χ2n) is 8.85. The zero-order valence-corrected chi connectivity index (χ0v) is 20.3. The molecule has 2 aliphatic heterocycles. The molecule has 0 saturated carbocycles. The molecule has 9 nitrogen and oxygen atoms in total. The molecule has 1 aromatic heterocycles. The van der Waals surface area contributed by atoms with Gasteiger partial charge in [-0.15, -0.1) is 0 Å². The summed E-state index contributed by atoms with van der Waals surface area (Å²) >= 11 is 0. The zero-order chi connectivity index (χ0) is 25.1. The lowest BCUT2D eigenvalue weighted by Gasteiger charge is -2.41. The second kappa shape index (κ2) is 13.1. The maximum Gasteiger partial charge on any atom is 0.290 e. The molecule has 5 rings (SSSR count). The van der Waals surface area contributed by atoms with Crippen LogP contribution in [0.1, 0.15) is 36.5 Å². The molecular formula is C26H35N3O6. The van der Waals surface area contributed by atoms with Crippen LogP contribution in [0.25, 0.3) is 0 Å². The molecule has 2 aromatic rings. The van der Waals surface area contributed by atoms with Gasteiger partial charge in [-0.25, -0.2) is 0 Å². The van der Waals surface area contributed by atoms with E-state index in [0.717, 1.165) is 58.1 Å². The molecule has 0 amide bonds. The number of fused-ring (bicyclic) bond motifs is 1. The lowest BCUT2D eigenvalue weighted by atomic mass is 10.00. The van der Waals surface area contributed by atoms with Crippen LogP contribution < -0.4 is 9.64 Å². The number of hydrogen-bond donors (Lipinski definition) is 2. The Labute approximate surface area is 206 Å². The Hall–Kier alpha value is -3.17. The van der Waals surface area contributed by atoms with Crippen LogP contribution in [0.5, 0.6) is 5.75 Å². The van der Waals surface area contributed by atoms with Gasteiger partial charge in [0.15, 0.2) is 0 Å². The van der Waals surface area contributed by atoms with Crippen molar-refractivity contribution in [3.8, 4) is 5.75 Å². The zero-order valence-electron chi connectivity index (χ0n) is 20.3. The Morgan fingerprint density at radius 2 is 1.77 bits per heavy atom. The summed E-state index contributed by atoms with van der Waals surface area (Å²) in [7, 11) is 0. The van der Waals surface area contributed by atoms with Crippen molar-refractivity contribution in [3.05, 3.63) is 53.3 Å². The summed E-state index contributed by atoms with van der Waals surface area (Å²) in [6, 6.07) is 8.91. The molecule has 1 aliphatic carbocycles. The van der Waals surface area contributed by atoms with Crippen LogP contribution in [-0.4, -0.2) is 78.0 Å². The molecule has 1 atom stereocenters. The minimum atomic E-state index is -0.250. The van der Waals surface area contributed by atoms with Gasteiger partial charge in [-0.05, 0) is 61.9 Å². The number of carboxylic acid groups (broad SMARTS) is 2. The molecular weight excluding hydrogens is 450 g/mol. The highest BCUT2D eigenvalue weighted by Gasteiger charge is 2.43. The van der Waals surface area contributed by atoms with Crippen molar-refractivity contribution in [3.63, 3.8) is 0 Å². The first-order chi connectivity index (χ1) is 17.1. The van der Waals surface area contributed by atoms with Gasteiger partial charge in [0.2, 0.25) is 0 Å². The van der Waals surface area contributed by atoms with Crippen LogP contribution in [0.15, 0.2) is 36.7 Å². The minimum Gasteiger partial charge on any atom is -0.494 e. The normalized spacial score (nSPS) is 20.8. The molecule has 2 fully saturated rings. The fourth-order valence-electron chi connectivity index (χ4n) is 5.24. The highest BCUT2D eigenvalue weighted by molar-refractivity contribution is 5.46. The first-order valence-electron chi connectivity index (χ1n) is 12.0. The van der Waals surface area contributed by atoms with Crippen molar-refractivity contribution in [1.82, 2.24) is 9.88 Å². The van der Waals surface area contributed by atoms with E-state index in [1.54, 1.807) is 0 Å². The molecule has 1 unspecified atom stereocenters. The number of ether oxygens (including phenoxy) is 2. The van der Waals surface area contributed by atoms with E-state index in [1.165, 1.54) is 41.6 Å². The van der Waals surface area contributed by atoms with Crippen molar-refractivity contribution in [1.29, 1.82) is 0 Å². The molecule has 1 aromatic carbocycles. The van der Waals surface area contributed by atoms with Gasteiger partial charge in [0.25, 0.3) is 12.9 Å². The van der Waals surface area contributed by atoms with Gasteiger partial charge in [-0.3, -0.25) is 19.5 Å². The fourth-order valence-corrected chi connectivity index (χ4v) is 5.24. The number of aryl methyl sites for hydroxylation is 2. The Morgan fingerprint density at radius 3 is 2.46 bits per heavy atom. The molecule has 2 saturated heterocycles. The average molecular weight is 486 g/mol. The number of morpholine rings is 1. The summed E-state index contributed by atoms with van der Waals surface area (Å²) in [6.45, 7) is 8.00. The van der Waals surface area contributed by atoms with E-state index in [4.69, 9.17) is 29.3 Å². The molecule has 3 aliphatic rings. The van der Waals surface area contributed by atoms with Gasteiger partial charge in [0.1, 0.15) is 5.75 Å². The highest BCUT2D eigenvalue weighted by Crippen LogP contribution is 2.35. The molecule has 35 heavy (non-hydrogen) atoms. The Kier molecular flexibility index (Phi) is 9.86. The van der Waals surface area contributed by atoms with Gasteiger partial charge in [0, 0.05) is 56.4 Å². The van der Waals surface area contributed by atoms with Crippen LogP contribution in [0.2, 0.25) is 0 Å². The Balaban J connectivity index is 0.000000520. The molecule has 190 valence electrons. The predicted molar refractivity (Wildman–Crippen MR) is 132 cm³/mol. The van der Waals surface area contributed by atoms with Crippen molar-refractivity contribution in [2.75, 3.05) is 44.3 Å².